The maximum atomic E-state index is 11.0. The second kappa shape index (κ2) is 10.4. The molecule has 0 spiro atoms. The van der Waals surface area contributed by atoms with Crippen LogP contribution in [0.4, 0.5) is 0 Å². The van der Waals surface area contributed by atoms with Crippen molar-refractivity contribution in [1.82, 2.24) is 4.90 Å². The smallest absolute Gasteiger partial charge is 0.777 e. The van der Waals surface area contributed by atoms with Gasteiger partial charge in [-0.3, -0.25) is 14.0 Å². The van der Waals surface area contributed by atoms with Gasteiger partial charge in [0.25, 0.3) is 0 Å². The Kier molecular flexibility index (Phi) is 14.4. The van der Waals surface area contributed by atoms with Gasteiger partial charge in [-0.15, -0.1) is 0 Å². The molecule has 0 saturated carbocycles. The third kappa shape index (κ3) is 9.68. The fourth-order valence-corrected chi connectivity index (χ4v) is 7.30. The summed E-state index contributed by atoms with van der Waals surface area (Å²) < 4.78 is 43.7. The van der Waals surface area contributed by atoms with E-state index in [2.05, 4.69) is 0 Å². The minimum atomic E-state index is -5.98. The van der Waals surface area contributed by atoms with E-state index in [0.717, 1.165) is 0 Å². The van der Waals surface area contributed by atoms with Gasteiger partial charge in [-0.05, 0) is 7.05 Å². The SMILES string of the molecule is CN(C(P(=O)([O-])O)P(=O)([O-])O)C(P(=O)(O)O)P(=O)(O)O.[K+].[K+]. The second-order valence-electron chi connectivity index (χ2n) is 3.66. The molecule has 13 nitrogen and oxygen atoms in total. The maximum absolute atomic E-state index is 11.0. The number of hydrogen-bond acceptors (Lipinski definition) is 7. The molecular weight excluding hydrogens is 444 g/mol. The van der Waals surface area contributed by atoms with E-state index in [-0.39, 0.29) is 110 Å². The first kappa shape index (κ1) is 30.6. The molecule has 0 aliphatic carbocycles. The molecule has 0 aliphatic rings. The molecule has 0 amide bonds. The van der Waals surface area contributed by atoms with Crippen molar-refractivity contribution in [2.45, 2.75) is 11.0 Å². The zero-order valence-corrected chi connectivity index (χ0v) is 21.3. The van der Waals surface area contributed by atoms with Gasteiger partial charge in [-0.2, -0.15) is 0 Å². The van der Waals surface area contributed by atoms with Gasteiger partial charge in [0.2, 0.25) is 5.52 Å². The Bertz CT molecular complexity index is 451. The number of hydrogen-bond donors (Lipinski definition) is 6. The molecule has 0 aromatic heterocycles. The predicted octanol–water partition coefficient (Wildman–Crippen LogP) is -9.06. The summed E-state index contributed by atoms with van der Waals surface area (Å²) in [6.07, 6.45) is 0. The third-order valence-corrected chi connectivity index (χ3v) is 9.30. The van der Waals surface area contributed by atoms with Crippen LogP contribution < -0.4 is 113 Å². The van der Waals surface area contributed by atoms with Crippen LogP contribution in [0.2, 0.25) is 0 Å². The summed E-state index contributed by atoms with van der Waals surface area (Å²) in [7, 11) is -23.1. The second-order valence-corrected chi connectivity index (χ2v) is 11.0. The normalized spacial score (nSPS) is 19.6. The van der Waals surface area contributed by atoms with Gasteiger partial charge >= 0.3 is 118 Å². The monoisotopic (exact) mass is 455 g/mol. The van der Waals surface area contributed by atoms with Crippen molar-refractivity contribution in [3.63, 3.8) is 0 Å². The number of rotatable bonds is 6. The Labute approximate surface area is 209 Å². The molecule has 6 N–H and O–H groups in total. The Morgan fingerprint density at radius 3 is 1.09 bits per heavy atom. The topological polar surface area (TPSA) is 239 Å². The first-order valence-electron chi connectivity index (χ1n) is 4.29. The summed E-state index contributed by atoms with van der Waals surface area (Å²) in [5.74, 6) is 0. The molecule has 122 valence electrons. The van der Waals surface area contributed by atoms with E-state index in [1.807, 2.05) is 0 Å². The fourth-order valence-electron chi connectivity index (χ4n) is 1.43. The zero-order chi connectivity index (χ0) is 16.7. The molecule has 0 bridgehead atoms. The summed E-state index contributed by atoms with van der Waals surface area (Å²) in [6, 6.07) is 0. The van der Waals surface area contributed by atoms with Crippen LogP contribution >= 0.6 is 30.4 Å². The van der Waals surface area contributed by atoms with Crippen LogP contribution in [0.15, 0.2) is 0 Å². The molecule has 0 radical (unpaired) electrons. The average Bonchev–Trinajstić information content (AvgIpc) is 1.88. The van der Waals surface area contributed by atoms with E-state index in [1.54, 1.807) is 0 Å². The predicted molar refractivity (Wildman–Crippen MR) is 59.1 cm³/mol. The molecule has 0 rings (SSSR count). The average molecular weight is 455 g/mol. The van der Waals surface area contributed by atoms with Gasteiger partial charge in [-0.1, -0.05) is 0 Å². The molecule has 19 heteroatoms. The van der Waals surface area contributed by atoms with Gasteiger partial charge in [-0.25, -0.2) is 0 Å². The maximum Gasteiger partial charge on any atom is 1.00 e. The molecule has 0 aromatic carbocycles. The molecule has 0 fully saturated rings. The van der Waals surface area contributed by atoms with Crippen molar-refractivity contribution in [3.05, 3.63) is 0 Å². The first-order chi connectivity index (χ1) is 8.40. The van der Waals surface area contributed by atoms with Gasteiger partial charge in [0.05, 0.1) is 0 Å². The minimum Gasteiger partial charge on any atom is -0.777 e. The Balaban J connectivity index is -0.00000180. The van der Waals surface area contributed by atoms with Crippen molar-refractivity contribution >= 4 is 30.4 Å². The van der Waals surface area contributed by atoms with E-state index < -0.39 is 46.3 Å². The molecule has 2 unspecified atom stereocenters. The van der Waals surface area contributed by atoms with Crippen molar-refractivity contribution in [2.75, 3.05) is 7.05 Å². The van der Waals surface area contributed by atoms with Crippen LogP contribution in [0.5, 0.6) is 0 Å². The largest absolute Gasteiger partial charge is 1.00 e. The van der Waals surface area contributed by atoms with E-state index in [0.29, 0.717) is 0 Å². The quantitative estimate of drug-likeness (QED) is 0.161. The van der Waals surface area contributed by atoms with E-state index >= 15 is 0 Å². The van der Waals surface area contributed by atoms with Gasteiger partial charge in [0.15, 0.2) is 15.2 Å². The van der Waals surface area contributed by atoms with Crippen LogP contribution in [0.1, 0.15) is 0 Å². The van der Waals surface area contributed by atoms with Crippen LogP contribution in [0.25, 0.3) is 0 Å². The standard InChI is InChI=1S/C3H13NO12P4.2K/c1-4(2(17(5,6)7)18(8,9)10)3(19(11,12)13)20(14,15)16;;/h2-3H,1H3,(H2,5,6,7)(H2,8,9,10)(H2,11,12,13)(H2,14,15,16);;/q;2*+1/p-2. The van der Waals surface area contributed by atoms with Crippen LogP contribution in [0.3, 0.4) is 0 Å². The van der Waals surface area contributed by atoms with Crippen LogP contribution in [0, 0.1) is 0 Å². The molecule has 2 atom stereocenters. The summed E-state index contributed by atoms with van der Waals surface area (Å²) in [5.41, 5.74) is -6.52. The van der Waals surface area contributed by atoms with E-state index in [9.17, 15) is 28.0 Å². The molecule has 0 heterocycles. The van der Waals surface area contributed by atoms with E-state index in [4.69, 9.17) is 29.4 Å². The van der Waals surface area contributed by atoms with E-state index in [1.165, 1.54) is 0 Å². The Hall–Kier alpha value is 3.83. The molecular formula is C3H11K2NO12P4. The zero-order valence-electron chi connectivity index (χ0n) is 11.5. The Morgan fingerprint density at radius 2 is 0.955 bits per heavy atom. The van der Waals surface area contributed by atoms with Crippen molar-refractivity contribution in [2.24, 2.45) is 0 Å². The Morgan fingerprint density at radius 1 is 0.727 bits per heavy atom. The molecule has 0 aromatic rings. The fraction of sp³-hybridized carbons (Fsp3) is 1.00. The summed E-state index contributed by atoms with van der Waals surface area (Å²) >= 11 is 0. The summed E-state index contributed by atoms with van der Waals surface area (Å²) in [5, 5.41) is 0. The van der Waals surface area contributed by atoms with Crippen LogP contribution in [-0.4, -0.2) is 52.4 Å². The van der Waals surface area contributed by atoms with Gasteiger partial charge in [0.1, 0.15) is 5.52 Å². The van der Waals surface area contributed by atoms with Crippen molar-refractivity contribution in [3.8, 4) is 0 Å². The van der Waals surface area contributed by atoms with Gasteiger partial charge in [0, 0.05) is 0 Å². The minimum absolute atomic E-state index is 0. The van der Waals surface area contributed by atoms with Crippen LogP contribution in [-0.2, 0) is 18.3 Å². The molecule has 22 heavy (non-hydrogen) atoms. The number of nitrogens with zero attached hydrogens (tertiary/aromatic N) is 1. The third-order valence-electron chi connectivity index (χ3n) is 1.91. The van der Waals surface area contributed by atoms with Gasteiger partial charge < -0.3 is 48.3 Å². The van der Waals surface area contributed by atoms with Crippen molar-refractivity contribution < 1.29 is 160 Å². The first-order valence-corrected chi connectivity index (χ1v) is 10.9. The summed E-state index contributed by atoms with van der Waals surface area (Å²) in [4.78, 5) is 73.8. The van der Waals surface area contributed by atoms with Crippen molar-refractivity contribution in [1.29, 1.82) is 0 Å². The molecule has 0 saturated heterocycles. The summed E-state index contributed by atoms with van der Waals surface area (Å²) in [6.45, 7) is 0. The molecule has 0 aliphatic heterocycles.